The molecular formula is C17H21N3O2. The van der Waals surface area contributed by atoms with Gasteiger partial charge in [0, 0.05) is 13.1 Å². The van der Waals surface area contributed by atoms with Crippen LogP contribution in [0.4, 0.5) is 0 Å². The zero-order valence-corrected chi connectivity index (χ0v) is 13.0. The third-order valence-electron chi connectivity index (χ3n) is 4.06. The van der Waals surface area contributed by atoms with Crippen LogP contribution in [0, 0.1) is 11.8 Å². The van der Waals surface area contributed by atoms with Gasteiger partial charge in [-0.15, -0.1) is 0 Å². The Labute approximate surface area is 130 Å². The summed E-state index contributed by atoms with van der Waals surface area (Å²) in [5.74, 6) is 1.60. The molecule has 2 aromatic rings. The van der Waals surface area contributed by atoms with Crippen LogP contribution in [-0.2, 0) is 4.79 Å². The van der Waals surface area contributed by atoms with Gasteiger partial charge in [-0.2, -0.15) is 0 Å². The minimum Gasteiger partial charge on any atom is -0.467 e. The van der Waals surface area contributed by atoms with Gasteiger partial charge in [0.1, 0.15) is 6.33 Å². The van der Waals surface area contributed by atoms with Gasteiger partial charge in [-0.1, -0.05) is 26.0 Å². The Hall–Kier alpha value is -2.17. The van der Waals surface area contributed by atoms with Crippen molar-refractivity contribution in [3.05, 3.63) is 30.6 Å². The number of nitrogens with zero attached hydrogens (tertiary/aromatic N) is 3. The fourth-order valence-corrected chi connectivity index (χ4v) is 3.18. The summed E-state index contributed by atoms with van der Waals surface area (Å²) in [6.45, 7) is 6.04. The number of piperidine rings is 1. The summed E-state index contributed by atoms with van der Waals surface area (Å²) in [6, 6.07) is 7.63. The minimum atomic E-state index is 0.0282. The lowest BCUT2D eigenvalue weighted by Gasteiger charge is -2.34. The molecule has 3 rings (SSSR count). The fourth-order valence-electron chi connectivity index (χ4n) is 3.18. The molecule has 0 saturated carbocycles. The molecule has 1 amide bonds. The molecule has 0 N–H and O–H groups in total. The van der Waals surface area contributed by atoms with Gasteiger partial charge in [-0.3, -0.25) is 4.79 Å². The molecule has 2 atom stereocenters. The van der Waals surface area contributed by atoms with Crippen molar-refractivity contribution < 1.29 is 9.53 Å². The lowest BCUT2D eigenvalue weighted by Crippen LogP contribution is -2.44. The number of hydrogen-bond donors (Lipinski definition) is 0. The van der Waals surface area contributed by atoms with Crippen LogP contribution in [-0.4, -0.2) is 40.5 Å². The van der Waals surface area contributed by atoms with E-state index < -0.39 is 0 Å². The first kappa shape index (κ1) is 14.8. The number of rotatable bonds is 3. The molecule has 1 fully saturated rings. The van der Waals surface area contributed by atoms with Crippen molar-refractivity contribution in [1.82, 2.24) is 14.9 Å². The van der Waals surface area contributed by atoms with Crippen molar-refractivity contribution in [3.63, 3.8) is 0 Å². The van der Waals surface area contributed by atoms with E-state index >= 15 is 0 Å². The zero-order valence-electron chi connectivity index (χ0n) is 13.0. The van der Waals surface area contributed by atoms with E-state index in [1.165, 1.54) is 12.7 Å². The number of aromatic nitrogens is 2. The summed E-state index contributed by atoms with van der Waals surface area (Å²) in [5, 5.41) is 0.832. The van der Waals surface area contributed by atoms with Crippen LogP contribution in [0.5, 0.6) is 5.88 Å². The first-order valence-corrected chi connectivity index (χ1v) is 7.74. The maximum atomic E-state index is 12.4. The molecular weight excluding hydrogens is 278 g/mol. The van der Waals surface area contributed by atoms with Crippen molar-refractivity contribution in [2.45, 2.75) is 20.3 Å². The number of ether oxygens (including phenoxy) is 1. The van der Waals surface area contributed by atoms with Crippen molar-refractivity contribution in [2.75, 3.05) is 19.7 Å². The highest BCUT2D eigenvalue weighted by atomic mass is 16.5. The van der Waals surface area contributed by atoms with Gasteiger partial charge in [0.15, 0.2) is 6.61 Å². The van der Waals surface area contributed by atoms with Crippen LogP contribution < -0.4 is 4.74 Å². The smallest absolute Gasteiger partial charge is 0.260 e. The highest BCUT2D eigenvalue weighted by Crippen LogP contribution is 2.22. The summed E-state index contributed by atoms with van der Waals surface area (Å²) in [4.78, 5) is 22.6. The van der Waals surface area contributed by atoms with Crippen LogP contribution in [0.2, 0.25) is 0 Å². The average Bonchev–Trinajstić information content (AvgIpc) is 2.51. The van der Waals surface area contributed by atoms with Crippen LogP contribution in [0.3, 0.4) is 0 Å². The maximum absolute atomic E-state index is 12.4. The third kappa shape index (κ3) is 3.18. The van der Waals surface area contributed by atoms with Gasteiger partial charge >= 0.3 is 0 Å². The van der Waals surface area contributed by atoms with Crippen LogP contribution in [0.25, 0.3) is 10.9 Å². The van der Waals surface area contributed by atoms with Gasteiger partial charge in [-0.25, -0.2) is 9.97 Å². The predicted octanol–water partition coefficient (Wildman–Crippen LogP) is 2.51. The molecule has 0 aliphatic carbocycles. The lowest BCUT2D eigenvalue weighted by atomic mass is 9.92. The first-order valence-electron chi connectivity index (χ1n) is 7.74. The molecule has 1 aliphatic heterocycles. The molecule has 1 aromatic carbocycles. The topological polar surface area (TPSA) is 55.3 Å². The largest absolute Gasteiger partial charge is 0.467 e. The van der Waals surface area contributed by atoms with E-state index in [0.29, 0.717) is 17.7 Å². The molecule has 0 spiro atoms. The van der Waals surface area contributed by atoms with Crippen molar-refractivity contribution >= 4 is 16.8 Å². The monoisotopic (exact) mass is 299 g/mol. The number of para-hydroxylation sites is 1. The van der Waals surface area contributed by atoms with Gasteiger partial charge < -0.3 is 9.64 Å². The number of fused-ring (bicyclic) bond motifs is 1. The zero-order chi connectivity index (χ0) is 15.5. The molecule has 2 heterocycles. The summed E-state index contributed by atoms with van der Waals surface area (Å²) in [7, 11) is 0. The second-order valence-electron chi connectivity index (χ2n) is 6.23. The Morgan fingerprint density at radius 2 is 1.95 bits per heavy atom. The van der Waals surface area contributed by atoms with Crippen LogP contribution >= 0.6 is 0 Å². The maximum Gasteiger partial charge on any atom is 0.260 e. The highest BCUT2D eigenvalue weighted by molar-refractivity contribution is 5.84. The van der Waals surface area contributed by atoms with E-state index in [1.807, 2.05) is 29.2 Å². The quantitative estimate of drug-likeness (QED) is 0.874. The van der Waals surface area contributed by atoms with Crippen LogP contribution in [0.1, 0.15) is 20.3 Å². The summed E-state index contributed by atoms with van der Waals surface area (Å²) >= 11 is 0. The second-order valence-corrected chi connectivity index (χ2v) is 6.23. The normalized spacial score (nSPS) is 21.8. The Morgan fingerprint density at radius 3 is 2.73 bits per heavy atom. The number of carbonyl (C=O) groups excluding carboxylic acids is 1. The molecule has 5 heteroatoms. The number of amides is 1. The third-order valence-corrected chi connectivity index (χ3v) is 4.06. The van der Waals surface area contributed by atoms with Crippen molar-refractivity contribution in [1.29, 1.82) is 0 Å². The molecule has 0 bridgehead atoms. The molecule has 1 aliphatic rings. The van der Waals surface area contributed by atoms with E-state index in [0.717, 1.165) is 24.0 Å². The Kier molecular flexibility index (Phi) is 4.22. The molecule has 22 heavy (non-hydrogen) atoms. The summed E-state index contributed by atoms with van der Waals surface area (Å²) in [6.07, 6.45) is 2.65. The van der Waals surface area contributed by atoms with Crippen molar-refractivity contribution in [2.24, 2.45) is 11.8 Å². The predicted molar refractivity (Wildman–Crippen MR) is 84.6 cm³/mol. The Morgan fingerprint density at radius 1 is 1.23 bits per heavy atom. The fraction of sp³-hybridized carbons (Fsp3) is 0.471. The lowest BCUT2D eigenvalue weighted by molar-refractivity contribution is -0.136. The van der Waals surface area contributed by atoms with E-state index in [-0.39, 0.29) is 12.5 Å². The van der Waals surface area contributed by atoms with E-state index in [1.54, 1.807) is 0 Å². The Balaban J connectivity index is 1.67. The SMILES string of the molecule is C[C@@H]1C[C@@H](C)CN(C(=O)COc2ncnc3ccccc23)C1. The van der Waals surface area contributed by atoms with Crippen LogP contribution in [0.15, 0.2) is 30.6 Å². The molecule has 0 unspecified atom stereocenters. The molecule has 1 aromatic heterocycles. The molecule has 116 valence electrons. The minimum absolute atomic E-state index is 0.0282. The van der Waals surface area contributed by atoms with Gasteiger partial charge in [0.05, 0.1) is 10.9 Å². The number of likely N-dealkylation sites (tertiary alicyclic amines) is 1. The number of benzene rings is 1. The van der Waals surface area contributed by atoms with Crippen molar-refractivity contribution in [3.8, 4) is 5.88 Å². The summed E-state index contributed by atoms with van der Waals surface area (Å²) in [5.41, 5.74) is 0.820. The molecule has 5 nitrogen and oxygen atoms in total. The van der Waals surface area contributed by atoms with E-state index in [9.17, 15) is 4.79 Å². The number of hydrogen-bond acceptors (Lipinski definition) is 4. The van der Waals surface area contributed by atoms with E-state index in [4.69, 9.17) is 4.74 Å². The number of carbonyl (C=O) groups is 1. The molecule has 0 radical (unpaired) electrons. The molecule has 1 saturated heterocycles. The average molecular weight is 299 g/mol. The first-order chi connectivity index (χ1) is 10.6. The standard InChI is InChI=1S/C17H21N3O2/c1-12-7-13(2)9-20(8-12)16(21)10-22-17-14-5-3-4-6-15(14)18-11-19-17/h3-6,11-13H,7-10H2,1-2H3/t12-,13-/m1/s1. The van der Waals surface area contributed by atoms with Gasteiger partial charge in [0.25, 0.3) is 5.91 Å². The Bertz CT molecular complexity index is 659. The summed E-state index contributed by atoms with van der Waals surface area (Å²) < 4.78 is 5.66. The van der Waals surface area contributed by atoms with E-state index in [2.05, 4.69) is 23.8 Å². The van der Waals surface area contributed by atoms with Gasteiger partial charge in [0.2, 0.25) is 5.88 Å². The second kappa shape index (κ2) is 6.30. The van der Waals surface area contributed by atoms with Gasteiger partial charge in [-0.05, 0) is 30.4 Å². The highest BCUT2D eigenvalue weighted by Gasteiger charge is 2.25.